The normalized spacial score (nSPS) is 10.5. The predicted molar refractivity (Wildman–Crippen MR) is 83.1 cm³/mol. The van der Waals surface area contributed by atoms with E-state index in [1.165, 1.54) is 6.07 Å². The smallest absolute Gasteiger partial charge is 0.273 e. The Morgan fingerprint density at radius 3 is 2.64 bits per heavy atom. The van der Waals surface area contributed by atoms with Gasteiger partial charge >= 0.3 is 0 Å². The third-order valence-electron chi connectivity index (χ3n) is 3.32. The van der Waals surface area contributed by atoms with Gasteiger partial charge in [0.05, 0.1) is 5.69 Å². The molecule has 4 nitrogen and oxygen atoms in total. The first kappa shape index (κ1) is 14.0. The van der Waals surface area contributed by atoms with Gasteiger partial charge in [0, 0.05) is 11.3 Å². The van der Waals surface area contributed by atoms with E-state index in [1.807, 2.05) is 30.3 Å². The zero-order valence-electron chi connectivity index (χ0n) is 11.9. The molecule has 110 valence electrons. The highest BCUT2D eigenvalue weighted by molar-refractivity contribution is 6.03. The molecular formula is C17H14FN3O. The molecule has 22 heavy (non-hydrogen) atoms. The number of nitrogens with zero attached hydrogens (tertiary/aromatic N) is 1. The van der Waals surface area contributed by atoms with Gasteiger partial charge in [-0.1, -0.05) is 36.4 Å². The molecule has 1 heterocycles. The van der Waals surface area contributed by atoms with Gasteiger partial charge in [-0.05, 0) is 30.7 Å². The molecule has 3 rings (SSSR count). The van der Waals surface area contributed by atoms with Crippen LogP contribution in [0.25, 0.3) is 11.3 Å². The molecule has 3 aromatic rings. The lowest BCUT2D eigenvalue weighted by atomic mass is 10.1. The fourth-order valence-corrected chi connectivity index (χ4v) is 2.06. The molecule has 0 radical (unpaired) electrons. The third-order valence-corrected chi connectivity index (χ3v) is 3.32. The van der Waals surface area contributed by atoms with E-state index in [2.05, 4.69) is 15.5 Å². The molecule has 1 aromatic heterocycles. The minimum atomic E-state index is -0.363. The van der Waals surface area contributed by atoms with E-state index in [0.29, 0.717) is 22.6 Å². The number of hydrogen-bond donors (Lipinski definition) is 2. The molecule has 0 unspecified atom stereocenters. The second-order valence-corrected chi connectivity index (χ2v) is 4.95. The molecule has 1 amide bonds. The van der Waals surface area contributed by atoms with Crippen molar-refractivity contribution in [2.45, 2.75) is 6.92 Å². The van der Waals surface area contributed by atoms with Crippen LogP contribution >= 0.6 is 0 Å². The number of benzene rings is 2. The molecule has 2 aromatic carbocycles. The Labute approximate surface area is 127 Å². The molecule has 0 aliphatic heterocycles. The van der Waals surface area contributed by atoms with Gasteiger partial charge in [0.2, 0.25) is 0 Å². The first-order chi connectivity index (χ1) is 10.6. The summed E-state index contributed by atoms with van der Waals surface area (Å²) in [4.78, 5) is 12.2. The summed E-state index contributed by atoms with van der Waals surface area (Å²) in [7, 11) is 0. The van der Waals surface area contributed by atoms with Gasteiger partial charge < -0.3 is 5.32 Å². The molecule has 0 saturated carbocycles. The maximum Gasteiger partial charge on any atom is 0.273 e. The van der Waals surface area contributed by atoms with Gasteiger partial charge in [-0.3, -0.25) is 9.89 Å². The maximum atomic E-state index is 13.5. The van der Waals surface area contributed by atoms with Crippen molar-refractivity contribution >= 4 is 11.6 Å². The van der Waals surface area contributed by atoms with Crippen LogP contribution < -0.4 is 5.32 Å². The van der Waals surface area contributed by atoms with Crippen LogP contribution in [0, 0.1) is 12.7 Å². The second kappa shape index (κ2) is 5.81. The number of aromatic nitrogens is 2. The summed E-state index contributed by atoms with van der Waals surface area (Å²) in [6.07, 6.45) is 0. The lowest BCUT2D eigenvalue weighted by molar-refractivity contribution is 0.102. The highest BCUT2D eigenvalue weighted by atomic mass is 19.1. The quantitative estimate of drug-likeness (QED) is 0.772. The van der Waals surface area contributed by atoms with Crippen LogP contribution in [-0.2, 0) is 0 Å². The van der Waals surface area contributed by atoms with Crippen molar-refractivity contribution in [3.05, 3.63) is 71.7 Å². The van der Waals surface area contributed by atoms with E-state index in [4.69, 9.17) is 0 Å². The van der Waals surface area contributed by atoms with E-state index >= 15 is 0 Å². The maximum absolute atomic E-state index is 13.5. The van der Waals surface area contributed by atoms with Crippen LogP contribution in [0.5, 0.6) is 0 Å². The van der Waals surface area contributed by atoms with Crippen molar-refractivity contribution < 1.29 is 9.18 Å². The number of anilines is 1. The average Bonchev–Trinajstić information content (AvgIpc) is 3.02. The van der Waals surface area contributed by atoms with Gasteiger partial charge in [-0.15, -0.1) is 0 Å². The Bertz CT molecular complexity index is 812. The summed E-state index contributed by atoms with van der Waals surface area (Å²) in [6, 6.07) is 15.8. The van der Waals surface area contributed by atoms with Gasteiger partial charge in [-0.25, -0.2) is 4.39 Å². The third kappa shape index (κ3) is 2.88. The van der Waals surface area contributed by atoms with Gasteiger partial charge in [0.15, 0.2) is 0 Å². The molecule has 0 atom stereocenters. The number of aromatic amines is 1. The molecule has 0 bridgehead atoms. The van der Waals surface area contributed by atoms with Gasteiger partial charge in [-0.2, -0.15) is 5.10 Å². The number of carbonyl (C=O) groups is 1. The number of hydrogen-bond acceptors (Lipinski definition) is 2. The summed E-state index contributed by atoms with van der Waals surface area (Å²) in [5.74, 6) is -0.717. The number of nitrogens with one attached hydrogen (secondary N) is 2. The highest BCUT2D eigenvalue weighted by Gasteiger charge is 2.11. The number of halogens is 1. The molecule has 0 aliphatic carbocycles. The minimum Gasteiger partial charge on any atom is -0.321 e. The Kier molecular flexibility index (Phi) is 3.70. The van der Waals surface area contributed by atoms with Crippen LogP contribution in [0.4, 0.5) is 10.1 Å². The van der Waals surface area contributed by atoms with Crippen LogP contribution in [0.1, 0.15) is 16.1 Å². The first-order valence-corrected chi connectivity index (χ1v) is 6.82. The molecule has 0 fully saturated rings. The lowest BCUT2D eigenvalue weighted by Gasteiger charge is -2.04. The van der Waals surface area contributed by atoms with Crippen molar-refractivity contribution in [2.24, 2.45) is 0 Å². The Hall–Kier alpha value is -2.95. The van der Waals surface area contributed by atoms with Crippen LogP contribution in [0.2, 0.25) is 0 Å². The summed E-state index contributed by atoms with van der Waals surface area (Å²) in [5.41, 5.74) is 2.86. The van der Waals surface area contributed by atoms with Gasteiger partial charge in [0.25, 0.3) is 5.91 Å². The Morgan fingerprint density at radius 1 is 1.14 bits per heavy atom. The summed E-state index contributed by atoms with van der Waals surface area (Å²) in [5, 5.41) is 9.46. The number of aryl methyl sites for hydroxylation is 1. The van der Waals surface area contributed by atoms with E-state index in [9.17, 15) is 9.18 Å². The summed E-state index contributed by atoms with van der Waals surface area (Å²) in [6.45, 7) is 1.67. The number of rotatable bonds is 3. The largest absolute Gasteiger partial charge is 0.321 e. The topological polar surface area (TPSA) is 57.8 Å². The molecule has 0 aliphatic rings. The zero-order chi connectivity index (χ0) is 15.5. The second-order valence-electron chi connectivity index (χ2n) is 4.95. The molecule has 2 N–H and O–H groups in total. The zero-order valence-corrected chi connectivity index (χ0v) is 11.9. The lowest BCUT2D eigenvalue weighted by Crippen LogP contribution is -2.12. The predicted octanol–water partition coefficient (Wildman–Crippen LogP) is 3.78. The highest BCUT2D eigenvalue weighted by Crippen LogP contribution is 2.18. The summed E-state index contributed by atoms with van der Waals surface area (Å²) >= 11 is 0. The van der Waals surface area contributed by atoms with Crippen LogP contribution in [0.3, 0.4) is 0 Å². The number of H-pyrrole nitrogens is 1. The molecule has 0 saturated heterocycles. The van der Waals surface area contributed by atoms with Crippen molar-refractivity contribution in [3.8, 4) is 11.3 Å². The van der Waals surface area contributed by atoms with E-state index in [0.717, 1.165) is 5.56 Å². The average molecular weight is 295 g/mol. The monoisotopic (exact) mass is 295 g/mol. The SMILES string of the molecule is Cc1ccc(NC(=O)c2cc(-c3ccccc3)n[nH]2)cc1F. The van der Waals surface area contributed by atoms with Gasteiger partial charge in [0.1, 0.15) is 11.5 Å². The van der Waals surface area contributed by atoms with E-state index in [-0.39, 0.29) is 11.7 Å². The molecular weight excluding hydrogens is 281 g/mol. The van der Waals surface area contributed by atoms with Crippen LogP contribution in [-0.4, -0.2) is 16.1 Å². The first-order valence-electron chi connectivity index (χ1n) is 6.82. The van der Waals surface area contributed by atoms with Crippen molar-refractivity contribution in [1.29, 1.82) is 0 Å². The van der Waals surface area contributed by atoms with Crippen molar-refractivity contribution in [3.63, 3.8) is 0 Å². The fourth-order valence-electron chi connectivity index (χ4n) is 2.06. The number of amides is 1. The fraction of sp³-hybridized carbons (Fsp3) is 0.0588. The molecule has 5 heteroatoms. The minimum absolute atomic E-state index is 0.319. The van der Waals surface area contributed by atoms with E-state index < -0.39 is 0 Å². The van der Waals surface area contributed by atoms with E-state index in [1.54, 1.807) is 25.1 Å². The van der Waals surface area contributed by atoms with Crippen molar-refractivity contribution in [1.82, 2.24) is 10.2 Å². The van der Waals surface area contributed by atoms with Crippen molar-refractivity contribution in [2.75, 3.05) is 5.32 Å². The standard InChI is InChI=1S/C17H14FN3O/c1-11-7-8-13(9-14(11)18)19-17(22)16-10-15(20-21-16)12-5-3-2-4-6-12/h2-10H,1H3,(H,19,22)(H,20,21). The summed E-state index contributed by atoms with van der Waals surface area (Å²) < 4.78 is 13.5. The number of carbonyl (C=O) groups excluding carboxylic acids is 1. The van der Waals surface area contributed by atoms with Crippen LogP contribution in [0.15, 0.2) is 54.6 Å². The Morgan fingerprint density at radius 2 is 1.91 bits per heavy atom. The Balaban J connectivity index is 1.78. The molecule has 0 spiro atoms.